The van der Waals surface area contributed by atoms with Crippen LogP contribution in [0.4, 0.5) is 5.82 Å². The number of imide groups is 1. The van der Waals surface area contributed by atoms with Crippen molar-refractivity contribution in [1.82, 2.24) is 30.4 Å². The van der Waals surface area contributed by atoms with Crippen LogP contribution in [0.3, 0.4) is 0 Å². The predicted octanol–water partition coefficient (Wildman–Crippen LogP) is -11.8. The summed E-state index contributed by atoms with van der Waals surface area (Å²) in [6.07, 6.45) is -43.3. The molecule has 0 radical (unpaired) electrons. The molecule has 7 heterocycles. The van der Waals surface area contributed by atoms with Crippen molar-refractivity contribution in [1.29, 1.82) is 0 Å². The zero-order valence-corrected chi connectivity index (χ0v) is 55.0. The maximum absolute atomic E-state index is 13.3. The number of carbonyl (C=O) groups excluding carboxylic acids is 8. The summed E-state index contributed by atoms with van der Waals surface area (Å²) < 4.78 is 83.3. The van der Waals surface area contributed by atoms with Crippen LogP contribution >= 0.6 is 19.6 Å². The summed E-state index contributed by atoms with van der Waals surface area (Å²) in [5, 5.41) is 145. The van der Waals surface area contributed by atoms with Gasteiger partial charge in [-0.2, -0.15) is 4.98 Å². The van der Waals surface area contributed by atoms with E-state index in [1.54, 1.807) is 0 Å². The van der Waals surface area contributed by atoms with E-state index in [0.29, 0.717) is 0 Å². The number of rotatable bonds is 36. The fourth-order valence-electron chi connectivity index (χ4n) is 11.5. The molecule has 0 aliphatic carbocycles. The highest BCUT2D eigenvalue weighted by molar-refractivity contribution is 8.01. The molecule has 5 amide bonds. The van der Waals surface area contributed by atoms with Crippen molar-refractivity contribution in [2.45, 2.75) is 191 Å². The third kappa shape index (κ3) is 20.3. The van der Waals surface area contributed by atoms with E-state index in [9.17, 15) is 124 Å². The third-order valence-corrected chi connectivity index (χ3v) is 18.8. The van der Waals surface area contributed by atoms with Crippen LogP contribution < -0.4 is 27.4 Å². The van der Waals surface area contributed by atoms with Crippen LogP contribution in [-0.4, -0.2) is 345 Å². The van der Waals surface area contributed by atoms with Gasteiger partial charge in [-0.25, -0.2) is 18.7 Å². The number of phosphoric acid groups is 1. The fraction of sp³-hybridized carbons (Fsp3) is 0.759. The second kappa shape index (κ2) is 36.6. The number of hydrogen-bond acceptors (Lipinski definition) is 39. The van der Waals surface area contributed by atoms with Crippen LogP contribution in [-0.2, 0) is 109 Å². The van der Waals surface area contributed by atoms with Gasteiger partial charge in [0, 0.05) is 64.9 Å². The molecule has 19 N–H and O–H groups in total. The number of likely N-dealkylation sites (tertiary alicyclic amines) is 1. The Bertz CT molecular complexity index is 3150. The number of nitrogens with two attached hydrogens (primary N) is 1. The number of aliphatic hydroxyl groups is 12. The van der Waals surface area contributed by atoms with Gasteiger partial charge < -0.3 is 145 Å². The first-order valence-electron chi connectivity index (χ1n) is 30.7. The first kappa shape index (κ1) is 82.2. The number of aliphatic hydroxyl groups excluding tert-OH is 12. The summed E-state index contributed by atoms with van der Waals surface area (Å²) in [7, 11) is -4.63. The van der Waals surface area contributed by atoms with Crippen molar-refractivity contribution in [3.63, 3.8) is 0 Å². The molecule has 0 spiro atoms. The lowest BCUT2D eigenvalue weighted by Crippen LogP contribution is -2.69. The van der Waals surface area contributed by atoms with E-state index in [2.05, 4.69) is 20.9 Å². The number of nitrogens with one attached hydrogen (secondary N) is 3. The van der Waals surface area contributed by atoms with E-state index in [0.717, 1.165) is 47.5 Å². The molecule has 1 aromatic rings. The standard InChI is InChI=1S/C54H80N7O38PS/c1-20(66)58-32-35(75)42(94-49-40(80)36(76)43(87-2)50(97-49)89-18-64)25(15-63)93-47(32)95-44-37(77)39(79)48(96-51(44)90-19-65)88-9-6-56-29(70)4-3-7-60-31(72)11-27(45(60)81)101-17-30(71)57-13-21(67)10-22-23(68)12-54(52(82)83,98-41(22)33(73)24(69)14-62)99-100(85,86)91-16-26-34(74)38(78)46(92-26)61-8-5-28(55)59-53(61)84/h5,8,18-19,22-27,32-44,46-51,62-63,68-69,73-80H,3-4,6-7,9-17H2,1-2H3,(H,56,70)(H,57,71)(H,58,66)(H,82,83)(H,85,86)(H2,55,59,84)/t22-,23-,24-,25?,26-,27?,32?,33-,34+,35-,36-,37-,38?,39?,40?,41?,42-,43+,44+,46-,47-,48-,49-,50?,51?,54-/m1/s1. The highest BCUT2D eigenvalue weighted by Gasteiger charge is 2.60. The van der Waals surface area contributed by atoms with E-state index in [1.165, 1.54) is 0 Å². The topological polar surface area (TPSA) is 674 Å². The van der Waals surface area contributed by atoms with Crippen LogP contribution in [0.25, 0.3) is 0 Å². The Kier molecular flexibility index (Phi) is 29.8. The molecular weight excluding hydrogens is 1420 g/mol. The van der Waals surface area contributed by atoms with Crippen LogP contribution in [0.15, 0.2) is 17.1 Å². The van der Waals surface area contributed by atoms with Gasteiger partial charge in [0.25, 0.3) is 18.7 Å². The number of aromatic nitrogens is 2. The first-order valence-corrected chi connectivity index (χ1v) is 33.3. The van der Waals surface area contributed by atoms with Gasteiger partial charge in [0.2, 0.25) is 42.1 Å². The number of nitrogen functional groups attached to an aromatic ring is 1. The molecule has 1 aromatic heterocycles. The van der Waals surface area contributed by atoms with Crippen molar-refractivity contribution in [3.8, 4) is 0 Å². The van der Waals surface area contributed by atoms with Crippen molar-refractivity contribution in [3.05, 3.63) is 22.7 Å². The highest BCUT2D eigenvalue weighted by atomic mass is 32.2. The Balaban J connectivity index is 0.827. The molecule has 0 bridgehead atoms. The number of aliphatic carboxylic acids is 1. The van der Waals surface area contributed by atoms with Crippen molar-refractivity contribution in [2.75, 3.05) is 64.7 Å². The van der Waals surface area contributed by atoms with Crippen LogP contribution in [0, 0.1) is 5.92 Å². The minimum absolute atomic E-state index is 0.0405. The number of ketones is 1. The van der Waals surface area contributed by atoms with Gasteiger partial charge >= 0.3 is 19.5 Å². The number of amides is 5. The molecule has 570 valence electrons. The molecule has 6 aliphatic rings. The van der Waals surface area contributed by atoms with Crippen LogP contribution in [0.1, 0.15) is 45.3 Å². The number of carboxylic acid groups (broad SMARTS) is 1. The Labute approximate surface area is 573 Å². The summed E-state index contributed by atoms with van der Waals surface area (Å²) in [6.45, 7) is -4.23. The van der Waals surface area contributed by atoms with Gasteiger partial charge in [-0.1, -0.05) is 0 Å². The zero-order valence-electron chi connectivity index (χ0n) is 53.3. The zero-order chi connectivity index (χ0) is 74.5. The summed E-state index contributed by atoms with van der Waals surface area (Å²) in [5.41, 5.74) is 4.46. The number of methoxy groups -OCH3 is 1. The SMILES string of the molecule is CO[C@@H]1C(OC=O)O[C@@H](O[C@@H]2C(CO)O[C@H](O[C@@H]3C(OC=O)O[C@@H](OCCNC(=O)CCCN4C(=O)CC(SCC(=O)NCC(=O)C[C@H]5C([C@H](O)[C@H](O)CO)O[C@](OP(=O)(O)OC[C@H]6O[C@@H](n7ccc(N)nc7=O)C(O)[C@H]6O)(C(=O)O)C[C@H]5O)C4=O)C(O)[C@H]3O)C(NC(C)=O)[C@H]2O)C(O)[C@H]1O. The van der Waals surface area contributed by atoms with Gasteiger partial charge in [-0.15, -0.1) is 11.8 Å². The molecule has 27 atom stereocenters. The van der Waals surface area contributed by atoms with Crippen molar-refractivity contribution >= 4 is 79.6 Å². The smallest absolute Gasteiger partial charge is 0.475 e. The largest absolute Gasteiger partial charge is 0.477 e. The number of thioether (sulfide) groups is 1. The number of carbonyl (C=O) groups is 9. The molecule has 7 rings (SSSR count). The maximum Gasteiger partial charge on any atom is 0.475 e. The van der Waals surface area contributed by atoms with Crippen LogP contribution in [0.5, 0.6) is 0 Å². The van der Waals surface area contributed by atoms with E-state index in [-0.39, 0.29) is 51.1 Å². The molecule has 0 saturated carbocycles. The molecule has 6 fully saturated rings. The van der Waals surface area contributed by atoms with Crippen molar-refractivity contribution < 1.29 is 180 Å². The second-order valence-corrected chi connectivity index (χ2v) is 26.1. The van der Waals surface area contributed by atoms with Crippen LogP contribution in [0.2, 0.25) is 0 Å². The van der Waals surface area contributed by atoms with E-state index in [1.807, 2.05) is 0 Å². The van der Waals surface area contributed by atoms with Crippen molar-refractivity contribution in [2.24, 2.45) is 5.92 Å². The summed E-state index contributed by atoms with van der Waals surface area (Å²) >= 11 is 0.718. The molecule has 6 aliphatic heterocycles. The number of Topliss-reactive ketones (excluding diaryl/α,β-unsaturated/α-hetero) is 1. The molecule has 6 saturated heterocycles. The molecule has 10 unspecified atom stereocenters. The minimum atomic E-state index is -5.75. The minimum Gasteiger partial charge on any atom is -0.477 e. The Hall–Kier alpha value is -6.07. The van der Waals surface area contributed by atoms with Gasteiger partial charge in [-0.3, -0.25) is 52.3 Å². The Morgan fingerprint density at radius 1 is 0.832 bits per heavy atom. The van der Waals surface area contributed by atoms with E-state index >= 15 is 0 Å². The highest BCUT2D eigenvalue weighted by Crippen LogP contribution is 2.52. The average molecular weight is 1500 g/mol. The lowest BCUT2D eigenvalue weighted by atomic mass is 9.80. The lowest BCUT2D eigenvalue weighted by Gasteiger charge is -2.49. The average Bonchev–Trinajstić information content (AvgIpc) is 1.50. The molecule has 0 aromatic carbocycles. The molecule has 101 heavy (non-hydrogen) atoms. The van der Waals surface area contributed by atoms with Gasteiger partial charge in [0.05, 0.1) is 56.2 Å². The van der Waals surface area contributed by atoms with Gasteiger partial charge in [0.1, 0.15) is 91.2 Å². The summed E-state index contributed by atoms with van der Waals surface area (Å²) in [5.74, 6) is -12.6. The summed E-state index contributed by atoms with van der Waals surface area (Å²) in [4.78, 5) is 140. The normalized spacial score (nSPS) is 36.3. The van der Waals surface area contributed by atoms with Gasteiger partial charge in [0.15, 0.2) is 37.0 Å². The number of anilines is 1. The number of hydrogen-bond donors (Lipinski definition) is 18. The first-order chi connectivity index (χ1) is 47.7. The second-order valence-electron chi connectivity index (χ2n) is 23.5. The third-order valence-electron chi connectivity index (χ3n) is 16.6. The quantitative estimate of drug-likeness (QED) is 0.0128. The maximum atomic E-state index is 13.3. The number of ether oxygens (including phenoxy) is 11. The summed E-state index contributed by atoms with van der Waals surface area (Å²) in [6, 6.07) is -0.536. The number of carboxylic acids is 1. The van der Waals surface area contributed by atoms with Gasteiger partial charge in [-0.05, 0) is 12.5 Å². The number of nitrogens with zero attached hydrogens (tertiary/aromatic N) is 3. The monoisotopic (exact) mass is 1500 g/mol. The fourth-order valence-corrected chi connectivity index (χ4v) is 13.4. The van der Waals surface area contributed by atoms with E-state index in [4.69, 9.17) is 66.9 Å². The predicted molar refractivity (Wildman–Crippen MR) is 318 cm³/mol. The lowest BCUT2D eigenvalue weighted by molar-refractivity contribution is -0.389. The Morgan fingerprint density at radius 2 is 1.49 bits per heavy atom. The molecule has 47 heteroatoms. The molecule has 45 nitrogen and oxygen atoms in total. The number of phosphoric ester groups is 1. The Morgan fingerprint density at radius 3 is 2.12 bits per heavy atom. The van der Waals surface area contributed by atoms with E-state index < -0.39 is 265 Å². The molecular formula is C54H80N7O38PS.